The Morgan fingerprint density at radius 2 is 0.880 bits per heavy atom. The van der Waals surface area contributed by atoms with Crippen molar-refractivity contribution < 1.29 is 8.83 Å². The van der Waals surface area contributed by atoms with Gasteiger partial charge in [0.15, 0.2) is 17.5 Å². The number of furan rings is 2. The maximum Gasteiger partial charge on any atom is 0.164 e. The maximum absolute atomic E-state index is 6.30. The Kier molecular flexibility index (Phi) is 6.42. The Hall–Kier alpha value is -6.85. The molecule has 0 saturated carbocycles. The molecule has 10 aromatic rings. The lowest BCUT2D eigenvalue weighted by Gasteiger charge is -2.10. The van der Waals surface area contributed by atoms with Crippen molar-refractivity contribution in [2.45, 2.75) is 0 Å². The van der Waals surface area contributed by atoms with Crippen LogP contribution in [-0.4, -0.2) is 15.0 Å². The monoisotopic (exact) mass is 641 g/mol. The smallest absolute Gasteiger partial charge is 0.164 e. The van der Waals surface area contributed by atoms with E-state index < -0.39 is 0 Å². The Bertz CT molecular complexity index is 2840. The van der Waals surface area contributed by atoms with Gasteiger partial charge in [0.1, 0.15) is 22.5 Å². The van der Waals surface area contributed by atoms with E-state index in [-0.39, 0.29) is 0 Å². The highest BCUT2D eigenvalue weighted by Crippen LogP contribution is 2.36. The first kappa shape index (κ1) is 28.2. The molecule has 7 aromatic carbocycles. The molecule has 5 heteroatoms. The Morgan fingerprint density at radius 1 is 0.300 bits per heavy atom. The van der Waals surface area contributed by atoms with Gasteiger partial charge < -0.3 is 8.83 Å². The third-order valence-corrected chi connectivity index (χ3v) is 9.31. The number of para-hydroxylation sites is 1. The van der Waals surface area contributed by atoms with E-state index in [0.717, 1.165) is 77.4 Å². The quantitative estimate of drug-likeness (QED) is 0.187. The molecule has 50 heavy (non-hydrogen) atoms. The summed E-state index contributed by atoms with van der Waals surface area (Å²) in [5.74, 6) is 2.61. The number of rotatable bonds is 5. The minimum absolute atomic E-state index is 0.591. The third kappa shape index (κ3) is 4.92. The summed E-state index contributed by atoms with van der Waals surface area (Å²) in [5.41, 5.74) is 8.45. The highest BCUT2D eigenvalue weighted by molar-refractivity contribution is 6.10. The van der Waals surface area contributed by atoms with Gasteiger partial charge in [0.2, 0.25) is 0 Å². The van der Waals surface area contributed by atoms with Crippen LogP contribution in [0.3, 0.4) is 0 Å². The van der Waals surface area contributed by atoms with Gasteiger partial charge in [-0.1, -0.05) is 115 Å². The number of fused-ring (bicyclic) bond motifs is 5. The second-order valence-electron chi connectivity index (χ2n) is 12.5. The van der Waals surface area contributed by atoms with Crippen molar-refractivity contribution in [3.05, 3.63) is 164 Å². The molecule has 3 aromatic heterocycles. The molecule has 0 saturated heterocycles. The first-order valence-electron chi connectivity index (χ1n) is 16.6. The third-order valence-electron chi connectivity index (χ3n) is 9.31. The van der Waals surface area contributed by atoms with Crippen molar-refractivity contribution in [2.24, 2.45) is 0 Å². The molecular formula is C45H27N3O2. The van der Waals surface area contributed by atoms with E-state index in [0.29, 0.717) is 17.5 Å². The predicted octanol–water partition coefficient (Wildman–Crippen LogP) is 12.0. The summed E-state index contributed by atoms with van der Waals surface area (Å²) in [6.45, 7) is 0. The molecule has 0 unspecified atom stereocenters. The molecule has 0 aliphatic heterocycles. The second kappa shape index (κ2) is 11.4. The van der Waals surface area contributed by atoms with Crippen LogP contribution in [-0.2, 0) is 0 Å². The first-order valence-corrected chi connectivity index (χ1v) is 16.6. The zero-order valence-electron chi connectivity index (χ0n) is 26.7. The van der Waals surface area contributed by atoms with Gasteiger partial charge in [0.05, 0.1) is 0 Å². The molecule has 0 atom stereocenters. The second-order valence-corrected chi connectivity index (χ2v) is 12.5. The van der Waals surface area contributed by atoms with Crippen LogP contribution in [0.5, 0.6) is 0 Å². The van der Waals surface area contributed by atoms with Crippen LogP contribution in [0.15, 0.2) is 173 Å². The van der Waals surface area contributed by atoms with Gasteiger partial charge in [-0.05, 0) is 70.4 Å². The predicted molar refractivity (Wildman–Crippen MR) is 202 cm³/mol. The van der Waals surface area contributed by atoms with Crippen molar-refractivity contribution in [3.63, 3.8) is 0 Å². The van der Waals surface area contributed by atoms with Crippen LogP contribution < -0.4 is 0 Å². The van der Waals surface area contributed by atoms with Gasteiger partial charge >= 0.3 is 0 Å². The normalized spacial score (nSPS) is 11.6. The number of hydrogen-bond acceptors (Lipinski definition) is 5. The minimum Gasteiger partial charge on any atom is -0.456 e. The number of benzene rings is 7. The molecule has 0 fully saturated rings. The molecule has 5 nitrogen and oxygen atoms in total. The SMILES string of the molecule is c1ccc(-c2cccc(-c3nc(-c4ccc(-c5cc6ccccc6o5)cc4)nc(-c4ccc5oc6cc7ccccc7cc6c5c4)n3)c2)cc1. The van der Waals surface area contributed by atoms with E-state index in [1.807, 2.05) is 54.6 Å². The summed E-state index contributed by atoms with van der Waals surface area (Å²) in [4.78, 5) is 15.2. The Labute approximate surface area is 287 Å². The van der Waals surface area contributed by atoms with Gasteiger partial charge in [-0.3, -0.25) is 0 Å². The summed E-state index contributed by atoms with van der Waals surface area (Å²) in [6, 6.07) is 55.9. The van der Waals surface area contributed by atoms with E-state index >= 15 is 0 Å². The Balaban J connectivity index is 1.12. The van der Waals surface area contributed by atoms with Crippen LogP contribution >= 0.6 is 0 Å². The number of hydrogen-bond donors (Lipinski definition) is 0. The number of nitrogens with zero attached hydrogens (tertiary/aromatic N) is 3. The summed E-state index contributed by atoms with van der Waals surface area (Å²) in [5, 5.41) is 5.48. The van der Waals surface area contributed by atoms with Crippen LogP contribution in [0.1, 0.15) is 0 Å². The van der Waals surface area contributed by atoms with E-state index in [1.54, 1.807) is 0 Å². The van der Waals surface area contributed by atoms with Crippen molar-refractivity contribution in [2.75, 3.05) is 0 Å². The van der Waals surface area contributed by atoms with Crippen LogP contribution in [0.2, 0.25) is 0 Å². The van der Waals surface area contributed by atoms with Gasteiger partial charge in [-0.2, -0.15) is 0 Å². The van der Waals surface area contributed by atoms with E-state index in [4.69, 9.17) is 23.8 Å². The summed E-state index contributed by atoms with van der Waals surface area (Å²) >= 11 is 0. The van der Waals surface area contributed by atoms with E-state index in [1.165, 1.54) is 5.39 Å². The highest BCUT2D eigenvalue weighted by Gasteiger charge is 2.16. The minimum atomic E-state index is 0.591. The van der Waals surface area contributed by atoms with E-state index in [2.05, 4.69) is 109 Å². The lowest BCUT2D eigenvalue weighted by atomic mass is 10.0. The molecular weight excluding hydrogens is 615 g/mol. The highest BCUT2D eigenvalue weighted by atomic mass is 16.3. The fraction of sp³-hybridized carbons (Fsp3) is 0. The summed E-state index contributed by atoms with van der Waals surface area (Å²) < 4.78 is 12.4. The average molecular weight is 642 g/mol. The molecule has 3 heterocycles. The van der Waals surface area contributed by atoms with Crippen molar-refractivity contribution in [1.29, 1.82) is 0 Å². The molecule has 0 aliphatic carbocycles. The van der Waals surface area contributed by atoms with E-state index in [9.17, 15) is 0 Å². The maximum atomic E-state index is 6.30. The lowest BCUT2D eigenvalue weighted by Crippen LogP contribution is -2.00. The molecule has 234 valence electrons. The summed E-state index contributed by atoms with van der Waals surface area (Å²) in [7, 11) is 0. The van der Waals surface area contributed by atoms with Gasteiger partial charge in [-0.25, -0.2) is 15.0 Å². The summed E-state index contributed by atoms with van der Waals surface area (Å²) in [6.07, 6.45) is 0. The van der Waals surface area contributed by atoms with Gasteiger partial charge in [0, 0.05) is 38.4 Å². The van der Waals surface area contributed by atoms with Crippen LogP contribution in [0.4, 0.5) is 0 Å². The standard InChI is InChI=1S/C45H27N3O2/c1-2-9-28(10-3-1)31-14-8-15-35(23-31)44-46-43(30-19-17-29(18-20-30)41-27-34-13-6-7-16-39(34)49-41)47-45(48-44)36-21-22-40-37(25-36)38-24-32-11-4-5-12-33(32)26-42(38)50-40/h1-27H. The molecule has 0 spiro atoms. The zero-order chi connectivity index (χ0) is 33.0. The largest absolute Gasteiger partial charge is 0.456 e. The lowest BCUT2D eigenvalue weighted by molar-refractivity contribution is 0.631. The fourth-order valence-corrected chi connectivity index (χ4v) is 6.74. The molecule has 0 amide bonds. The molecule has 0 N–H and O–H groups in total. The topological polar surface area (TPSA) is 65.0 Å². The van der Waals surface area contributed by atoms with Crippen molar-refractivity contribution in [1.82, 2.24) is 15.0 Å². The van der Waals surface area contributed by atoms with Crippen molar-refractivity contribution >= 4 is 43.7 Å². The van der Waals surface area contributed by atoms with Crippen LogP contribution in [0.25, 0.3) is 100 Å². The van der Waals surface area contributed by atoms with Crippen LogP contribution in [0, 0.1) is 0 Å². The average Bonchev–Trinajstić information content (AvgIpc) is 3.78. The molecule has 0 radical (unpaired) electrons. The van der Waals surface area contributed by atoms with Crippen molar-refractivity contribution in [3.8, 4) is 56.6 Å². The molecule has 0 bridgehead atoms. The van der Waals surface area contributed by atoms with Gasteiger partial charge in [-0.15, -0.1) is 0 Å². The number of aromatic nitrogens is 3. The fourth-order valence-electron chi connectivity index (χ4n) is 6.74. The molecule has 10 rings (SSSR count). The Morgan fingerprint density at radius 3 is 1.66 bits per heavy atom. The molecule has 0 aliphatic rings. The first-order chi connectivity index (χ1) is 24.7. The van der Waals surface area contributed by atoms with Gasteiger partial charge in [0.25, 0.3) is 0 Å². The zero-order valence-corrected chi connectivity index (χ0v) is 26.7.